The van der Waals surface area contributed by atoms with Crippen molar-refractivity contribution in [1.29, 1.82) is 0 Å². The van der Waals surface area contributed by atoms with Gasteiger partial charge in [0.05, 0.1) is 24.8 Å². The maximum Gasteiger partial charge on any atom is 0.252 e. The quantitative estimate of drug-likeness (QED) is 0.699. The molecule has 1 aromatic carbocycles. The number of carbonyl (C=O) groups excluding carboxylic acids is 1. The molecule has 24 heavy (non-hydrogen) atoms. The van der Waals surface area contributed by atoms with Crippen LogP contribution in [0.4, 0.5) is 0 Å². The summed E-state index contributed by atoms with van der Waals surface area (Å²) in [6.07, 6.45) is 1.72. The van der Waals surface area contributed by atoms with Crippen LogP contribution in [0, 0.1) is 0 Å². The highest BCUT2D eigenvalue weighted by Crippen LogP contribution is 2.28. The molecule has 7 nitrogen and oxygen atoms in total. The van der Waals surface area contributed by atoms with E-state index in [0.29, 0.717) is 35.9 Å². The molecule has 0 saturated carbocycles. The zero-order valence-corrected chi connectivity index (χ0v) is 13.5. The van der Waals surface area contributed by atoms with Crippen LogP contribution in [0.1, 0.15) is 10.4 Å². The molecular weight excluding hydrogens is 308 g/mol. The van der Waals surface area contributed by atoms with Crippen molar-refractivity contribution in [2.75, 3.05) is 27.4 Å². The van der Waals surface area contributed by atoms with Crippen molar-refractivity contribution in [1.82, 2.24) is 19.9 Å². The van der Waals surface area contributed by atoms with E-state index in [0.717, 1.165) is 5.56 Å². The second kappa shape index (κ2) is 7.10. The molecule has 2 aromatic heterocycles. The monoisotopic (exact) mass is 326 g/mol. The minimum Gasteiger partial charge on any atom is -0.496 e. The van der Waals surface area contributed by atoms with Crippen LogP contribution in [0.2, 0.25) is 0 Å². The number of para-hydroxylation sites is 1. The maximum absolute atomic E-state index is 12.2. The summed E-state index contributed by atoms with van der Waals surface area (Å²) in [4.78, 5) is 12.2. The zero-order chi connectivity index (χ0) is 16.9. The van der Waals surface area contributed by atoms with Gasteiger partial charge in [-0.15, -0.1) is 10.2 Å². The van der Waals surface area contributed by atoms with Crippen molar-refractivity contribution >= 4 is 11.6 Å². The molecule has 0 bridgehead atoms. The lowest BCUT2D eigenvalue weighted by Gasteiger charge is -2.08. The zero-order valence-electron chi connectivity index (χ0n) is 13.5. The molecular formula is C17H18N4O3. The van der Waals surface area contributed by atoms with Gasteiger partial charge in [-0.05, 0) is 24.3 Å². The van der Waals surface area contributed by atoms with Gasteiger partial charge in [0.2, 0.25) is 0 Å². The summed E-state index contributed by atoms with van der Waals surface area (Å²) in [6.45, 7) is 0.919. The normalized spacial score (nSPS) is 10.8. The van der Waals surface area contributed by atoms with Crippen LogP contribution in [-0.2, 0) is 4.74 Å². The Morgan fingerprint density at radius 2 is 2.00 bits per heavy atom. The highest BCUT2D eigenvalue weighted by molar-refractivity contribution is 5.94. The predicted octanol–water partition coefficient (Wildman–Crippen LogP) is 1.78. The van der Waals surface area contributed by atoms with E-state index < -0.39 is 0 Å². The molecule has 0 fully saturated rings. The Hall–Kier alpha value is -2.93. The fourth-order valence-corrected chi connectivity index (χ4v) is 2.41. The van der Waals surface area contributed by atoms with Crippen LogP contribution in [0.25, 0.3) is 17.0 Å². The molecule has 0 aliphatic heterocycles. The average molecular weight is 326 g/mol. The van der Waals surface area contributed by atoms with Crippen molar-refractivity contribution in [2.24, 2.45) is 0 Å². The molecule has 1 amide bonds. The first-order valence-electron chi connectivity index (χ1n) is 7.50. The van der Waals surface area contributed by atoms with Crippen molar-refractivity contribution in [3.8, 4) is 17.1 Å². The highest BCUT2D eigenvalue weighted by Gasteiger charge is 2.14. The number of hydrogen-bond donors (Lipinski definition) is 1. The number of rotatable bonds is 6. The minimum absolute atomic E-state index is 0.173. The number of methoxy groups -OCH3 is 2. The summed E-state index contributed by atoms with van der Waals surface area (Å²) in [5, 5.41) is 11.2. The number of amides is 1. The Morgan fingerprint density at radius 3 is 2.79 bits per heavy atom. The molecule has 0 aliphatic carbocycles. The van der Waals surface area contributed by atoms with Gasteiger partial charge in [0, 0.05) is 19.9 Å². The number of ether oxygens (including phenoxy) is 2. The number of nitrogens with zero attached hydrogens (tertiary/aromatic N) is 3. The van der Waals surface area contributed by atoms with Crippen LogP contribution in [0.3, 0.4) is 0 Å². The summed E-state index contributed by atoms with van der Waals surface area (Å²) < 4.78 is 12.1. The molecule has 0 spiro atoms. The molecule has 0 saturated heterocycles. The van der Waals surface area contributed by atoms with E-state index in [1.54, 1.807) is 36.9 Å². The number of benzene rings is 1. The van der Waals surface area contributed by atoms with E-state index in [2.05, 4.69) is 15.5 Å². The van der Waals surface area contributed by atoms with Gasteiger partial charge in [-0.1, -0.05) is 12.1 Å². The molecule has 0 radical (unpaired) electrons. The number of fused-ring (bicyclic) bond motifs is 1. The molecule has 0 unspecified atom stereocenters. The van der Waals surface area contributed by atoms with E-state index in [1.807, 2.05) is 24.3 Å². The smallest absolute Gasteiger partial charge is 0.252 e. The molecule has 0 atom stereocenters. The van der Waals surface area contributed by atoms with Gasteiger partial charge in [-0.2, -0.15) is 0 Å². The summed E-state index contributed by atoms with van der Waals surface area (Å²) in [7, 11) is 3.20. The van der Waals surface area contributed by atoms with Gasteiger partial charge in [0.25, 0.3) is 5.91 Å². The number of aromatic nitrogens is 3. The summed E-state index contributed by atoms with van der Waals surface area (Å²) >= 11 is 0. The van der Waals surface area contributed by atoms with Crippen molar-refractivity contribution in [3.63, 3.8) is 0 Å². The van der Waals surface area contributed by atoms with Crippen LogP contribution < -0.4 is 10.1 Å². The molecule has 7 heteroatoms. The third kappa shape index (κ3) is 3.07. The third-order valence-electron chi connectivity index (χ3n) is 3.60. The summed E-state index contributed by atoms with van der Waals surface area (Å²) in [5.41, 5.74) is 1.99. The van der Waals surface area contributed by atoms with Crippen molar-refractivity contribution < 1.29 is 14.3 Å². The summed E-state index contributed by atoms with van der Waals surface area (Å²) in [5.74, 6) is 1.14. The van der Waals surface area contributed by atoms with Gasteiger partial charge < -0.3 is 14.8 Å². The fraction of sp³-hybridized carbons (Fsp3) is 0.235. The Balaban J connectivity index is 1.99. The number of carbonyl (C=O) groups is 1. The van der Waals surface area contributed by atoms with Crippen LogP contribution in [0.5, 0.6) is 5.75 Å². The Kier molecular flexibility index (Phi) is 4.72. The van der Waals surface area contributed by atoms with Crippen LogP contribution >= 0.6 is 0 Å². The fourth-order valence-electron chi connectivity index (χ4n) is 2.41. The first-order chi connectivity index (χ1) is 11.7. The van der Waals surface area contributed by atoms with Crippen molar-refractivity contribution in [2.45, 2.75) is 0 Å². The summed E-state index contributed by atoms with van der Waals surface area (Å²) in [6, 6.07) is 11.0. The number of nitrogens with one attached hydrogen (secondary N) is 1. The molecule has 124 valence electrons. The van der Waals surface area contributed by atoms with E-state index >= 15 is 0 Å². The van der Waals surface area contributed by atoms with E-state index in [1.165, 1.54) is 0 Å². The van der Waals surface area contributed by atoms with Crippen LogP contribution in [0.15, 0.2) is 42.6 Å². The molecule has 0 aliphatic rings. The second-order valence-corrected chi connectivity index (χ2v) is 5.12. The first kappa shape index (κ1) is 15.9. The number of hydrogen-bond acceptors (Lipinski definition) is 5. The van der Waals surface area contributed by atoms with Crippen LogP contribution in [-0.4, -0.2) is 47.9 Å². The lowest BCUT2D eigenvalue weighted by atomic mass is 10.2. The maximum atomic E-state index is 12.2. The Bertz CT molecular complexity index is 860. The van der Waals surface area contributed by atoms with E-state index in [4.69, 9.17) is 9.47 Å². The van der Waals surface area contributed by atoms with Gasteiger partial charge in [-0.3, -0.25) is 9.20 Å². The lowest BCUT2D eigenvalue weighted by Crippen LogP contribution is -2.27. The van der Waals surface area contributed by atoms with E-state index in [-0.39, 0.29) is 5.91 Å². The average Bonchev–Trinajstić information content (AvgIpc) is 3.04. The largest absolute Gasteiger partial charge is 0.496 e. The van der Waals surface area contributed by atoms with Gasteiger partial charge in [0.15, 0.2) is 11.5 Å². The first-order valence-corrected chi connectivity index (χ1v) is 7.50. The number of pyridine rings is 1. The Morgan fingerprint density at radius 1 is 1.17 bits per heavy atom. The SMILES string of the molecule is COCCNC(=O)c1ccc2nnc(-c3ccccc3OC)n2c1. The van der Waals surface area contributed by atoms with Crippen molar-refractivity contribution in [3.05, 3.63) is 48.2 Å². The third-order valence-corrected chi connectivity index (χ3v) is 3.60. The Labute approximate surface area is 139 Å². The standard InChI is InChI=1S/C17H18N4O3/c1-23-10-9-18-17(22)12-7-8-15-19-20-16(21(15)11-12)13-5-3-4-6-14(13)24-2/h3-8,11H,9-10H2,1-2H3,(H,18,22). The molecule has 1 N–H and O–H groups in total. The molecule has 3 aromatic rings. The van der Waals surface area contributed by atoms with E-state index in [9.17, 15) is 4.79 Å². The molecule has 2 heterocycles. The molecule has 3 rings (SSSR count). The topological polar surface area (TPSA) is 77.8 Å². The second-order valence-electron chi connectivity index (χ2n) is 5.12. The van der Waals surface area contributed by atoms with Gasteiger partial charge in [-0.25, -0.2) is 0 Å². The lowest BCUT2D eigenvalue weighted by molar-refractivity contribution is 0.0936. The van der Waals surface area contributed by atoms with Gasteiger partial charge in [0.1, 0.15) is 5.75 Å². The highest BCUT2D eigenvalue weighted by atomic mass is 16.5. The minimum atomic E-state index is -0.173. The van der Waals surface area contributed by atoms with Gasteiger partial charge >= 0.3 is 0 Å². The predicted molar refractivity (Wildman–Crippen MR) is 89.2 cm³/mol.